The molecule has 4 rings (SSSR count). The van der Waals surface area contributed by atoms with E-state index < -0.39 is 0 Å². The van der Waals surface area contributed by atoms with Gasteiger partial charge in [0.05, 0.1) is 0 Å². The standard InChI is InChI=1S/C19H18ClN5OS2/c20-14-8-4-7-13(9-14)15-10-16(23-22-15)17(26)21-18-24-25-19(28-18)27-11-12-5-2-1-3-6-12/h1-9,15-16,22-23H,10-11H2,(H,21,24,26). The summed E-state index contributed by atoms with van der Waals surface area (Å²) in [7, 11) is 0. The van der Waals surface area contributed by atoms with Gasteiger partial charge in [0.2, 0.25) is 11.0 Å². The number of nitrogens with zero attached hydrogens (tertiary/aromatic N) is 2. The highest BCUT2D eigenvalue weighted by Gasteiger charge is 2.30. The number of amides is 1. The molecule has 1 fully saturated rings. The van der Waals surface area contributed by atoms with E-state index in [1.54, 1.807) is 11.8 Å². The molecule has 1 saturated heterocycles. The summed E-state index contributed by atoms with van der Waals surface area (Å²) in [5.41, 5.74) is 8.47. The lowest BCUT2D eigenvalue weighted by molar-refractivity contribution is -0.117. The molecule has 0 bridgehead atoms. The van der Waals surface area contributed by atoms with Crippen molar-refractivity contribution in [2.24, 2.45) is 0 Å². The minimum Gasteiger partial charge on any atom is -0.299 e. The third-order valence-electron chi connectivity index (χ3n) is 4.31. The Labute approximate surface area is 176 Å². The molecule has 9 heteroatoms. The number of halogens is 1. The molecular formula is C19H18ClN5OS2. The minimum absolute atomic E-state index is 0.0286. The van der Waals surface area contributed by atoms with Crippen molar-refractivity contribution in [1.82, 2.24) is 21.0 Å². The Bertz CT molecular complexity index is 952. The van der Waals surface area contributed by atoms with Crippen molar-refractivity contribution in [3.8, 4) is 0 Å². The first kappa shape index (κ1) is 19.4. The average molecular weight is 432 g/mol. The molecule has 1 aliphatic rings. The summed E-state index contributed by atoms with van der Waals surface area (Å²) >= 11 is 9.04. The van der Waals surface area contributed by atoms with Crippen molar-refractivity contribution in [3.05, 3.63) is 70.7 Å². The zero-order valence-corrected chi connectivity index (χ0v) is 17.2. The van der Waals surface area contributed by atoms with Gasteiger partial charge in [0.1, 0.15) is 6.04 Å². The summed E-state index contributed by atoms with van der Waals surface area (Å²) in [6, 6.07) is 17.5. The number of carbonyl (C=O) groups is 1. The van der Waals surface area contributed by atoms with Crippen LogP contribution in [0.4, 0.5) is 5.13 Å². The zero-order valence-electron chi connectivity index (χ0n) is 14.8. The molecule has 3 aromatic rings. The topological polar surface area (TPSA) is 78.9 Å². The lowest BCUT2D eigenvalue weighted by Crippen LogP contribution is -2.39. The van der Waals surface area contributed by atoms with Gasteiger partial charge in [-0.1, -0.05) is 77.2 Å². The molecule has 1 aromatic heterocycles. The molecule has 0 saturated carbocycles. The quantitative estimate of drug-likeness (QED) is 0.404. The van der Waals surface area contributed by atoms with Gasteiger partial charge in [0.25, 0.3) is 0 Å². The lowest BCUT2D eigenvalue weighted by atomic mass is 10.0. The lowest BCUT2D eigenvalue weighted by Gasteiger charge is -2.09. The maximum Gasteiger partial charge on any atom is 0.244 e. The third kappa shape index (κ3) is 4.89. The first-order valence-electron chi connectivity index (χ1n) is 8.75. The van der Waals surface area contributed by atoms with E-state index in [1.165, 1.54) is 16.9 Å². The van der Waals surface area contributed by atoms with E-state index in [1.807, 2.05) is 42.5 Å². The van der Waals surface area contributed by atoms with Crippen LogP contribution in [-0.4, -0.2) is 22.1 Å². The number of anilines is 1. The van der Waals surface area contributed by atoms with E-state index in [0.29, 0.717) is 16.6 Å². The molecule has 28 heavy (non-hydrogen) atoms. The highest BCUT2D eigenvalue weighted by molar-refractivity contribution is 8.00. The molecular weight excluding hydrogens is 414 g/mol. The van der Waals surface area contributed by atoms with Gasteiger partial charge in [-0.25, -0.2) is 10.9 Å². The minimum atomic E-state index is -0.353. The Morgan fingerprint density at radius 1 is 1.18 bits per heavy atom. The van der Waals surface area contributed by atoms with E-state index in [9.17, 15) is 4.79 Å². The number of hydrazine groups is 1. The fourth-order valence-electron chi connectivity index (χ4n) is 2.90. The summed E-state index contributed by atoms with van der Waals surface area (Å²) in [6.07, 6.45) is 0.626. The summed E-state index contributed by atoms with van der Waals surface area (Å²) < 4.78 is 0.827. The smallest absolute Gasteiger partial charge is 0.244 e. The summed E-state index contributed by atoms with van der Waals surface area (Å²) in [6.45, 7) is 0. The van der Waals surface area contributed by atoms with Gasteiger partial charge in [0, 0.05) is 16.8 Å². The molecule has 2 heterocycles. The molecule has 2 aromatic carbocycles. The van der Waals surface area contributed by atoms with E-state index in [-0.39, 0.29) is 18.0 Å². The Hall–Kier alpha value is -1.97. The fraction of sp³-hybridized carbons (Fsp3) is 0.211. The van der Waals surface area contributed by atoms with Crippen LogP contribution in [0.2, 0.25) is 5.02 Å². The van der Waals surface area contributed by atoms with Crippen LogP contribution in [0.25, 0.3) is 0 Å². The first-order valence-corrected chi connectivity index (χ1v) is 10.9. The summed E-state index contributed by atoms with van der Waals surface area (Å²) in [5.74, 6) is 0.687. The molecule has 0 spiro atoms. The summed E-state index contributed by atoms with van der Waals surface area (Å²) in [5, 5.41) is 12.3. The van der Waals surface area contributed by atoms with Gasteiger partial charge in [0.15, 0.2) is 4.34 Å². The van der Waals surface area contributed by atoms with Gasteiger partial charge in [-0.2, -0.15) is 0 Å². The molecule has 2 unspecified atom stereocenters. The van der Waals surface area contributed by atoms with E-state index in [0.717, 1.165) is 15.7 Å². The number of aromatic nitrogens is 2. The molecule has 6 nitrogen and oxygen atoms in total. The van der Waals surface area contributed by atoms with Gasteiger partial charge < -0.3 is 0 Å². The second kappa shape index (κ2) is 9.02. The largest absolute Gasteiger partial charge is 0.299 e. The normalized spacial score (nSPS) is 18.9. The predicted octanol–water partition coefficient (Wildman–Crippen LogP) is 4.03. The van der Waals surface area contributed by atoms with Crippen LogP contribution in [-0.2, 0) is 10.5 Å². The Balaban J connectivity index is 1.30. The van der Waals surface area contributed by atoms with Crippen LogP contribution in [0.15, 0.2) is 58.9 Å². The van der Waals surface area contributed by atoms with Crippen LogP contribution in [0.5, 0.6) is 0 Å². The Kier molecular flexibility index (Phi) is 6.23. The van der Waals surface area contributed by atoms with Crippen molar-refractivity contribution in [2.45, 2.75) is 28.6 Å². The molecule has 3 N–H and O–H groups in total. The highest BCUT2D eigenvalue weighted by Crippen LogP contribution is 2.29. The maximum absolute atomic E-state index is 12.5. The van der Waals surface area contributed by atoms with Gasteiger partial charge in [-0.3, -0.25) is 10.1 Å². The van der Waals surface area contributed by atoms with E-state index in [4.69, 9.17) is 11.6 Å². The monoisotopic (exact) mass is 431 g/mol. The van der Waals surface area contributed by atoms with Gasteiger partial charge in [-0.05, 0) is 29.7 Å². The number of carbonyl (C=O) groups excluding carboxylic acids is 1. The van der Waals surface area contributed by atoms with E-state index >= 15 is 0 Å². The molecule has 0 aliphatic carbocycles. The van der Waals surface area contributed by atoms with Gasteiger partial charge in [-0.15, -0.1) is 10.2 Å². The van der Waals surface area contributed by atoms with Crippen LogP contribution in [0.1, 0.15) is 23.6 Å². The van der Waals surface area contributed by atoms with Crippen molar-refractivity contribution in [3.63, 3.8) is 0 Å². The van der Waals surface area contributed by atoms with Crippen LogP contribution >= 0.6 is 34.7 Å². The van der Waals surface area contributed by atoms with E-state index in [2.05, 4.69) is 38.5 Å². The zero-order chi connectivity index (χ0) is 19.3. The first-order chi connectivity index (χ1) is 13.7. The van der Waals surface area contributed by atoms with Crippen molar-refractivity contribution >= 4 is 45.7 Å². The number of hydrogen-bond donors (Lipinski definition) is 3. The van der Waals surface area contributed by atoms with Crippen LogP contribution in [0.3, 0.4) is 0 Å². The molecule has 144 valence electrons. The number of rotatable bonds is 6. The predicted molar refractivity (Wildman–Crippen MR) is 113 cm³/mol. The highest BCUT2D eigenvalue weighted by atomic mass is 35.5. The van der Waals surface area contributed by atoms with Crippen LogP contribution in [0, 0.1) is 0 Å². The maximum atomic E-state index is 12.5. The summed E-state index contributed by atoms with van der Waals surface area (Å²) in [4.78, 5) is 12.5. The Morgan fingerprint density at radius 3 is 2.86 bits per heavy atom. The molecule has 0 radical (unpaired) electrons. The third-order valence-corrected chi connectivity index (χ3v) is 6.59. The van der Waals surface area contributed by atoms with Gasteiger partial charge >= 0.3 is 0 Å². The second-order valence-corrected chi connectivity index (χ2v) is 8.96. The molecule has 2 atom stereocenters. The van der Waals surface area contributed by atoms with Crippen LogP contribution < -0.4 is 16.2 Å². The average Bonchev–Trinajstić information content (AvgIpc) is 3.37. The van der Waals surface area contributed by atoms with Crippen molar-refractivity contribution < 1.29 is 4.79 Å². The van der Waals surface area contributed by atoms with Crippen molar-refractivity contribution in [1.29, 1.82) is 0 Å². The molecule has 1 aliphatic heterocycles. The van der Waals surface area contributed by atoms with Crippen molar-refractivity contribution in [2.75, 3.05) is 5.32 Å². The number of nitrogens with one attached hydrogen (secondary N) is 3. The Morgan fingerprint density at radius 2 is 2.04 bits per heavy atom. The fourth-order valence-corrected chi connectivity index (χ4v) is 4.81. The number of thioether (sulfide) groups is 1. The number of hydrogen-bond acceptors (Lipinski definition) is 7. The molecule has 1 amide bonds. The number of benzene rings is 2. The SMILES string of the molecule is O=C(Nc1nnc(SCc2ccccc2)s1)C1CC(c2cccc(Cl)c2)NN1. The second-order valence-electron chi connectivity index (χ2n) is 6.32.